The molecule has 0 radical (unpaired) electrons. The minimum atomic E-state index is -0.212. The van der Waals surface area contributed by atoms with Crippen LogP contribution in [0.4, 0.5) is 5.82 Å². The van der Waals surface area contributed by atoms with E-state index in [1.54, 1.807) is 30.7 Å². The molecule has 1 aliphatic rings. The third kappa shape index (κ3) is 3.22. The number of aromatic hydroxyl groups is 1. The Bertz CT molecular complexity index is 786. The van der Waals surface area contributed by atoms with Gasteiger partial charge in [-0.2, -0.15) is 0 Å². The SMILES string of the molecule is CN(C)c1ncnc2c1CCN(/C=C/C(=O)c1ccccc1O)C2. The highest BCUT2D eigenvalue weighted by molar-refractivity contribution is 6.06. The molecule has 0 bridgehead atoms. The highest BCUT2D eigenvalue weighted by Crippen LogP contribution is 2.24. The van der Waals surface area contributed by atoms with Crippen molar-refractivity contribution < 1.29 is 9.90 Å². The largest absolute Gasteiger partial charge is 0.507 e. The Hall–Kier alpha value is -2.89. The number of hydrogen-bond acceptors (Lipinski definition) is 6. The van der Waals surface area contributed by atoms with Crippen molar-refractivity contribution >= 4 is 11.6 Å². The summed E-state index contributed by atoms with van der Waals surface area (Å²) in [5.41, 5.74) is 2.46. The number of phenols is 1. The monoisotopic (exact) mass is 324 g/mol. The third-order valence-corrected chi connectivity index (χ3v) is 4.04. The molecule has 2 aromatic rings. The van der Waals surface area contributed by atoms with Crippen LogP contribution >= 0.6 is 0 Å². The molecule has 0 spiro atoms. The van der Waals surface area contributed by atoms with Gasteiger partial charge in [0, 0.05) is 38.5 Å². The van der Waals surface area contributed by atoms with Crippen LogP contribution in [0, 0.1) is 0 Å². The number of nitrogens with zero attached hydrogens (tertiary/aromatic N) is 4. The molecule has 0 aliphatic carbocycles. The van der Waals surface area contributed by atoms with Crippen LogP contribution in [0.2, 0.25) is 0 Å². The molecule has 0 unspecified atom stereocenters. The molecule has 0 fully saturated rings. The molecular formula is C18H20N4O2. The standard InChI is InChI=1S/C18H20N4O2/c1-21(2)18-13-7-9-22(11-15(13)19-12-20-18)10-8-17(24)14-5-3-4-6-16(14)23/h3-6,8,10,12,23H,7,9,11H2,1-2H3/b10-8+. The molecule has 0 amide bonds. The van der Waals surface area contributed by atoms with Crippen LogP contribution in [0.3, 0.4) is 0 Å². The fourth-order valence-electron chi connectivity index (χ4n) is 2.81. The number of para-hydroxylation sites is 1. The summed E-state index contributed by atoms with van der Waals surface area (Å²) in [7, 11) is 3.94. The number of rotatable bonds is 4. The van der Waals surface area contributed by atoms with Crippen molar-refractivity contribution in [2.75, 3.05) is 25.5 Å². The van der Waals surface area contributed by atoms with Gasteiger partial charge in [-0.15, -0.1) is 0 Å². The zero-order chi connectivity index (χ0) is 17.1. The van der Waals surface area contributed by atoms with Gasteiger partial charge >= 0.3 is 0 Å². The van der Waals surface area contributed by atoms with Crippen molar-refractivity contribution in [3.63, 3.8) is 0 Å². The van der Waals surface area contributed by atoms with Gasteiger partial charge in [-0.1, -0.05) is 12.1 Å². The summed E-state index contributed by atoms with van der Waals surface area (Å²) in [6, 6.07) is 6.55. The first-order valence-electron chi connectivity index (χ1n) is 7.81. The van der Waals surface area contributed by atoms with E-state index in [-0.39, 0.29) is 11.5 Å². The number of hydrogen-bond donors (Lipinski definition) is 1. The summed E-state index contributed by atoms with van der Waals surface area (Å²) in [6.07, 6.45) is 5.68. The van der Waals surface area contributed by atoms with Gasteiger partial charge in [0.05, 0.1) is 17.8 Å². The minimum Gasteiger partial charge on any atom is -0.507 e. The second-order valence-electron chi connectivity index (χ2n) is 5.93. The molecule has 1 aromatic heterocycles. The van der Waals surface area contributed by atoms with E-state index < -0.39 is 0 Å². The van der Waals surface area contributed by atoms with Gasteiger partial charge < -0.3 is 14.9 Å². The lowest BCUT2D eigenvalue weighted by Gasteiger charge is -2.29. The van der Waals surface area contributed by atoms with E-state index in [1.807, 2.05) is 23.9 Å². The average molecular weight is 324 g/mol. The van der Waals surface area contributed by atoms with Gasteiger partial charge in [-0.3, -0.25) is 4.79 Å². The molecular weight excluding hydrogens is 304 g/mol. The summed E-state index contributed by atoms with van der Waals surface area (Å²) in [5.74, 6) is 0.740. The third-order valence-electron chi connectivity index (χ3n) is 4.04. The van der Waals surface area contributed by atoms with Crippen LogP contribution < -0.4 is 4.90 Å². The number of fused-ring (bicyclic) bond motifs is 1. The maximum Gasteiger partial charge on any atom is 0.190 e. The molecule has 1 N–H and O–H groups in total. The van der Waals surface area contributed by atoms with Crippen LogP contribution in [0.5, 0.6) is 5.75 Å². The van der Waals surface area contributed by atoms with Crippen molar-refractivity contribution in [1.82, 2.24) is 14.9 Å². The van der Waals surface area contributed by atoms with Crippen LogP contribution in [-0.4, -0.2) is 46.4 Å². The fraction of sp³-hybridized carbons (Fsp3) is 0.278. The maximum absolute atomic E-state index is 12.2. The van der Waals surface area contributed by atoms with Crippen molar-refractivity contribution in [3.8, 4) is 5.75 Å². The smallest absolute Gasteiger partial charge is 0.190 e. The van der Waals surface area contributed by atoms with Gasteiger partial charge in [-0.05, 0) is 18.6 Å². The number of carbonyl (C=O) groups is 1. The number of anilines is 1. The lowest BCUT2D eigenvalue weighted by molar-refractivity contribution is 0.104. The Morgan fingerprint density at radius 2 is 2.08 bits per heavy atom. The average Bonchev–Trinajstić information content (AvgIpc) is 2.59. The van der Waals surface area contributed by atoms with Crippen LogP contribution in [0.15, 0.2) is 42.9 Å². The lowest BCUT2D eigenvalue weighted by Crippen LogP contribution is -2.29. The summed E-state index contributed by atoms with van der Waals surface area (Å²) < 4.78 is 0. The number of benzene rings is 1. The van der Waals surface area contributed by atoms with E-state index in [4.69, 9.17) is 0 Å². The first-order valence-corrected chi connectivity index (χ1v) is 7.81. The second kappa shape index (κ2) is 6.70. The predicted molar refractivity (Wildman–Crippen MR) is 92.1 cm³/mol. The molecule has 3 rings (SSSR count). The van der Waals surface area contributed by atoms with Gasteiger partial charge in [-0.25, -0.2) is 9.97 Å². The van der Waals surface area contributed by atoms with Crippen molar-refractivity contribution in [2.45, 2.75) is 13.0 Å². The fourth-order valence-corrected chi connectivity index (χ4v) is 2.81. The van der Waals surface area contributed by atoms with Gasteiger partial charge in [0.2, 0.25) is 0 Å². The number of phenolic OH excluding ortho intramolecular Hbond substituents is 1. The maximum atomic E-state index is 12.2. The van der Waals surface area contributed by atoms with E-state index in [1.165, 1.54) is 17.7 Å². The highest BCUT2D eigenvalue weighted by atomic mass is 16.3. The molecule has 0 saturated carbocycles. The molecule has 6 heteroatoms. The summed E-state index contributed by atoms with van der Waals surface area (Å²) in [4.78, 5) is 24.9. The molecule has 0 atom stereocenters. The molecule has 24 heavy (non-hydrogen) atoms. The molecule has 0 saturated heterocycles. The Kier molecular flexibility index (Phi) is 4.46. The first-order chi connectivity index (χ1) is 11.6. The lowest BCUT2D eigenvalue weighted by atomic mass is 10.1. The van der Waals surface area contributed by atoms with Crippen LogP contribution in [0.1, 0.15) is 21.6 Å². The number of ketones is 1. The highest BCUT2D eigenvalue weighted by Gasteiger charge is 2.20. The van der Waals surface area contributed by atoms with Crippen LogP contribution in [-0.2, 0) is 13.0 Å². The first kappa shape index (κ1) is 16.0. The molecule has 124 valence electrons. The normalized spacial score (nSPS) is 13.8. The number of aromatic nitrogens is 2. The Balaban J connectivity index is 1.74. The van der Waals surface area contributed by atoms with E-state index in [9.17, 15) is 9.90 Å². The summed E-state index contributed by atoms with van der Waals surface area (Å²) in [5, 5.41) is 9.74. The minimum absolute atomic E-state index is 0.000458. The second-order valence-corrected chi connectivity index (χ2v) is 5.93. The van der Waals surface area contributed by atoms with Crippen molar-refractivity contribution in [2.24, 2.45) is 0 Å². The topological polar surface area (TPSA) is 69.6 Å². The molecule has 1 aromatic carbocycles. The van der Waals surface area contributed by atoms with E-state index in [0.717, 1.165) is 24.5 Å². The van der Waals surface area contributed by atoms with E-state index in [0.29, 0.717) is 12.1 Å². The van der Waals surface area contributed by atoms with Crippen molar-refractivity contribution in [3.05, 3.63) is 59.7 Å². The van der Waals surface area contributed by atoms with Gasteiger partial charge in [0.25, 0.3) is 0 Å². The quantitative estimate of drug-likeness (QED) is 0.685. The number of carbonyl (C=O) groups excluding carboxylic acids is 1. The molecule has 2 heterocycles. The zero-order valence-corrected chi connectivity index (χ0v) is 13.8. The predicted octanol–water partition coefficient (Wildman–Crippen LogP) is 2.00. The van der Waals surface area contributed by atoms with Crippen molar-refractivity contribution in [1.29, 1.82) is 0 Å². The van der Waals surface area contributed by atoms with E-state index >= 15 is 0 Å². The molecule has 1 aliphatic heterocycles. The Morgan fingerprint density at radius 3 is 2.83 bits per heavy atom. The van der Waals surface area contributed by atoms with Crippen LogP contribution in [0.25, 0.3) is 0 Å². The van der Waals surface area contributed by atoms with Gasteiger partial charge in [0.15, 0.2) is 5.78 Å². The zero-order valence-electron chi connectivity index (χ0n) is 13.8. The van der Waals surface area contributed by atoms with E-state index in [2.05, 4.69) is 9.97 Å². The Morgan fingerprint density at radius 1 is 1.29 bits per heavy atom. The summed E-state index contributed by atoms with van der Waals surface area (Å²) in [6.45, 7) is 1.44. The number of allylic oxidation sites excluding steroid dienone is 1. The van der Waals surface area contributed by atoms with Gasteiger partial charge in [0.1, 0.15) is 17.9 Å². The molecule has 6 nitrogen and oxygen atoms in total. The Labute approximate surface area is 141 Å². The summed E-state index contributed by atoms with van der Waals surface area (Å²) >= 11 is 0.